The molecule has 1 spiro atoms. The molecule has 5 saturated carbocycles. The Labute approximate surface area is 209 Å². The highest BCUT2D eigenvalue weighted by molar-refractivity contribution is 6.51. The fourth-order valence-electron chi connectivity index (χ4n) is 10.9. The largest absolute Gasteiger partial charge is 0.486 e. The Kier molecular flexibility index (Phi) is 5.22. The molecule has 0 amide bonds. The number of ether oxygens (including phenoxy) is 1. The van der Waals surface area contributed by atoms with Gasteiger partial charge in [-0.1, -0.05) is 32.8 Å². The van der Waals surface area contributed by atoms with E-state index in [0.717, 1.165) is 29.6 Å². The van der Waals surface area contributed by atoms with E-state index in [1.165, 1.54) is 51.4 Å². The molecule has 0 aromatic carbocycles. The minimum Gasteiger partial charge on any atom is -0.400 e. The van der Waals surface area contributed by atoms with Crippen molar-refractivity contribution in [3.8, 4) is 0 Å². The van der Waals surface area contributed by atoms with Gasteiger partial charge in [-0.15, -0.1) is 0 Å². The van der Waals surface area contributed by atoms with Gasteiger partial charge >= 0.3 is 7.12 Å². The Hall–Kier alpha value is -0.315. The molecule has 10 atom stereocenters. The average molecular weight is 469 g/mol. The molecule has 6 fully saturated rings. The molecule has 34 heavy (non-hydrogen) atoms. The molecule has 2 unspecified atom stereocenters. The summed E-state index contributed by atoms with van der Waals surface area (Å²) in [5, 5.41) is 0. The molecule has 3 nitrogen and oxygen atoms in total. The lowest BCUT2D eigenvalue weighted by Crippen LogP contribution is -2.57. The molecule has 5 aliphatic carbocycles. The van der Waals surface area contributed by atoms with E-state index in [9.17, 15) is 0 Å². The van der Waals surface area contributed by atoms with Crippen LogP contribution >= 0.6 is 0 Å². The minimum atomic E-state index is -0.263. The second-order valence-corrected chi connectivity index (χ2v) is 14.8. The lowest BCUT2D eigenvalue weighted by molar-refractivity contribution is -0.160. The van der Waals surface area contributed by atoms with E-state index < -0.39 is 0 Å². The maximum atomic E-state index is 6.31. The van der Waals surface area contributed by atoms with Gasteiger partial charge in [-0.2, -0.15) is 0 Å². The van der Waals surface area contributed by atoms with Crippen LogP contribution in [0.15, 0.2) is 12.1 Å². The number of rotatable bonds is 4. The molecule has 0 aromatic heterocycles. The smallest absolute Gasteiger partial charge is 0.400 e. The lowest BCUT2D eigenvalue weighted by atomic mass is 9.45. The van der Waals surface area contributed by atoms with Gasteiger partial charge in [-0.25, -0.2) is 0 Å². The number of hydrogen-bond acceptors (Lipinski definition) is 3. The Morgan fingerprint density at radius 3 is 2.26 bits per heavy atom. The van der Waals surface area contributed by atoms with Gasteiger partial charge in [0.25, 0.3) is 0 Å². The van der Waals surface area contributed by atoms with Gasteiger partial charge in [0.15, 0.2) is 0 Å². The van der Waals surface area contributed by atoms with Gasteiger partial charge in [0.2, 0.25) is 0 Å². The van der Waals surface area contributed by atoms with Crippen molar-refractivity contribution in [3.63, 3.8) is 0 Å². The summed E-state index contributed by atoms with van der Waals surface area (Å²) in [6.45, 7) is 16.4. The minimum absolute atomic E-state index is 0.223. The number of hydrogen-bond donors (Lipinski definition) is 0. The van der Waals surface area contributed by atoms with Gasteiger partial charge in [0.05, 0.1) is 17.3 Å². The van der Waals surface area contributed by atoms with E-state index in [1.54, 1.807) is 0 Å². The molecule has 6 aliphatic rings. The van der Waals surface area contributed by atoms with Crippen LogP contribution in [-0.2, 0) is 14.0 Å². The highest BCUT2D eigenvalue weighted by atomic mass is 16.7. The van der Waals surface area contributed by atoms with Crippen LogP contribution in [0, 0.1) is 51.8 Å². The van der Waals surface area contributed by atoms with E-state index in [0.29, 0.717) is 28.3 Å². The quantitative estimate of drug-likeness (QED) is 0.412. The van der Waals surface area contributed by atoms with Crippen molar-refractivity contribution in [1.82, 2.24) is 0 Å². The van der Waals surface area contributed by atoms with Crippen molar-refractivity contribution in [2.45, 2.75) is 117 Å². The van der Waals surface area contributed by atoms with Gasteiger partial charge in [0, 0.05) is 12.5 Å². The molecule has 1 aliphatic heterocycles. The first kappa shape index (κ1) is 24.0. The zero-order chi connectivity index (χ0) is 24.3. The molecule has 0 bridgehead atoms. The van der Waals surface area contributed by atoms with E-state index >= 15 is 0 Å². The van der Waals surface area contributed by atoms with Crippen LogP contribution in [0.3, 0.4) is 0 Å². The fraction of sp³-hybridized carbons (Fsp3) is 0.933. The SMILES string of the molecule is COC1C[C@H]2[C@@H]3CC[C@H]([C@H](C)/C=C/B4OC(C)(C)C(C)(C)O4)[C@@]3(C)CC[C@@H]2[C@@]2(C)CCC3C[C@]312. The molecule has 190 valence electrons. The van der Waals surface area contributed by atoms with Crippen molar-refractivity contribution < 1.29 is 14.0 Å². The summed E-state index contributed by atoms with van der Waals surface area (Å²) in [4.78, 5) is 0. The van der Waals surface area contributed by atoms with E-state index in [2.05, 4.69) is 60.5 Å². The highest BCUT2D eigenvalue weighted by Crippen LogP contribution is 2.82. The van der Waals surface area contributed by atoms with E-state index in [1.807, 2.05) is 7.11 Å². The Bertz CT molecular complexity index is 851. The molecular weight excluding hydrogens is 419 g/mol. The number of fused-ring (bicyclic) bond motifs is 4. The summed E-state index contributed by atoms with van der Waals surface area (Å²) in [7, 11) is 1.79. The average Bonchev–Trinajstić information content (AvgIpc) is 3.17. The van der Waals surface area contributed by atoms with Crippen molar-refractivity contribution in [3.05, 3.63) is 12.1 Å². The van der Waals surface area contributed by atoms with Crippen LogP contribution in [0.25, 0.3) is 0 Å². The molecule has 0 aromatic rings. The third-order valence-electron chi connectivity index (χ3n) is 13.4. The molecule has 6 rings (SSSR count). The van der Waals surface area contributed by atoms with Crippen molar-refractivity contribution in [1.29, 1.82) is 0 Å². The monoisotopic (exact) mass is 468 g/mol. The summed E-state index contributed by atoms with van der Waals surface area (Å²) < 4.78 is 18.8. The summed E-state index contributed by atoms with van der Waals surface area (Å²) in [5.74, 6) is 7.16. The van der Waals surface area contributed by atoms with Crippen LogP contribution in [0.5, 0.6) is 0 Å². The van der Waals surface area contributed by atoms with Crippen molar-refractivity contribution in [2.75, 3.05) is 7.11 Å². The Balaban J connectivity index is 1.20. The Morgan fingerprint density at radius 1 is 0.912 bits per heavy atom. The van der Waals surface area contributed by atoms with Crippen LogP contribution in [0.2, 0.25) is 0 Å². The number of allylic oxidation sites excluding steroid dienone is 1. The predicted octanol–water partition coefficient (Wildman–Crippen LogP) is 7.09. The van der Waals surface area contributed by atoms with Gasteiger partial charge in [-0.3, -0.25) is 0 Å². The van der Waals surface area contributed by atoms with Crippen LogP contribution in [-0.4, -0.2) is 31.5 Å². The van der Waals surface area contributed by atoms with Crippen LogP contribution in [0.4, 0.5) is 0 Å². The predicted molar refractivity (Wildman–Crippen MR) is 138 cm³/mol. The van der Waals surface area contributed by atoms with Crippen molar-refractivity contribution >= 4 is 7.12 Å². The van der Waals surface area contributed by atoms with Crippen LogP contribution in [0.1, 0.15) is 99.8 Å². The highest BCUT2D eigenvalue weighted by Gasteiger charge is 2.77. The topological polar surface area (TPSA) is 27.7 Å². The second-order valence-electron chi connectivity index (χ2n) is 14.8. The lowest BCUT2D eigenvalue weighted by Gasteiger charge is -2.61. The first-order valence-electron chi connectivity index (χ1n) is 14.5. The maximum Gasteiger partial charge on any atom is 0.486 e. The normalized spacial score (nSPS) is 53.4. The van der Waals surface area contributed by atoms with E-state index in [-0.39, 0.29) is 18.3 Å². The molecular formula is C30H49BO3. The standard InChI is InChI=1S/C30H49BO3/c1-19(13-16-31-33-26(2,3)27(4,5)34-31)22-9-10-23-21-17-25(32-8)30-18-20(30)11-15-29(30,7)24(21)12-14-28(22,23)6/h13,16,19-25H,9-12,14-15,17-18H2,1-8H3/b16-13+/t19-,20?,21+,22-,23+,24+,25?,28-,29-,30+/m1/s1. The molecule has 1 saturated heterocycles. The first-order chi connectivity index (χ1) is 15.9. The molecule has 0 radical (unpaired) electrons. The molecule has 0 N–H and O–H groups in total. The zero-order valence-corrected chi connectivity index (χ0v) is 23.2. The first-order valence-corrected chi connectivity index (χ1v) is 14.5. The third-order valence-corrected chi connectivity index (χ3v) is 13.4. The Morgan fingerprint density at radius 2 is 1.62 bits per heavy atom. The maximum absolute atomic E-state index is 6.31. The fourth-order valence-corrected chi connectivity index (χ4v) is 10.9. The van der Waals surface area contributed by atoms with Gasteiger partial charge in [-0.05, 0) is 125 Å². The van der Waals surface area contributed by atoms with Gasteiger partial charge in [0.1, 0.15) is 0 Å². The molecule has 1 heterocycles. The number of methoxy groups -OCH3 is 1. The van der Waals surface area contributed by atoms with E-state index in [4.69, 9.17) is 14.0 Å². The second kappa shape index (κ2) is 7.38. The summed E-state index contributed by atoms with van der Waals surface area (Å²) >= 11 is 0. The molecule has 4 heteroatoms. The summed E-state index contributed by atoms with van der Waals surface area (Å²) in [6.07, 6.45) is 14.3. The van der Waals surface area contributed by atoms with Crippen LogP contribution < -0.4 is 0 Å². The van der Waals surface area contributed by atoms with Gasteiger partial charge < -0.3 is 14.0 Å². The third kappa shape index (κ3) is 2.94. The summed E-state index contributed by atoms with van der Waals surface area (Å²) in [5.41, 5.74) is 1.00. The summed E-state index contributed by atoms with van der Waals surface area (Å²) in [6, 6.07) is 0. The zero-order valence-electron chi connectivity index (χ0n) is 23.2. The van der Waals surface area contributed by atoms with Crippen molar-refractivity contribution in [2.24, 2.45) is 51.8 Å².